The van der Waals surface area contributed by atoms with Crippen molar-refractivity contribution in [3.05, 3.63) is 11.4 Å². The summed E-state index contributed by atoms with van der Waals surface area (Å²) in [6.45, 7) is 7.66. The smallest absolute Gasteiger partial charge is 0.204 e. The van der Waals surface area contributed by atoms with E-state index in [9.17, 15) is 15.8 Å². The fraction of sp³-hybridized carbons (Fsp3) is 0.571. The molecule has 0 radical (unpaired) electrons. The van der Waals surface area contributed by atoms with E-state index in [1.165, 1.54) is 5.01 Å². The molecule has 0 spiro atoms. The standard InChI is InChI=1S/C14H18N6/c1-9(2)6-19-20-12(10(3)4)14(7-16,8-17)11(5-15)13(20)18/h6,9-10,12H,18H2,1-4H3/b19-6+/t12-/m0/s1. The lowest BCUT2D eigenvalue weighted by molar-refractivity contribution is 0.182. The summed E-state index contributed by atoms with van der Waals surface area (Å²) in [6, 6.07) is 5.28. The fourth-order valence-corrected chi connectivity index (χ4v) is 2.33. The van der Waals surface area contributed by atoms with Crippen LogP contribution in [0.1, 0.15) is 27.7 Å². The van der Waals surface area contributed by atoms with Gasteiger partial charge in [-0.3, -0.25) is 0 Å². The van der Waals surface area contributed by atoms with Gasteiger partial charge >= 0.3 is 0 Å². The summed E-state index contributed by atoms with van der Waals surface area (Å²) in [6.07, 6.45) is 1.68. The van der Waals surface area contributed by atoms with Crippen LogP contribution in [0.4, 0.5) is 0 Å². The van der Waals surface area contributed by atoms with Crippen LogP contribution in [-0.2, 0) is 0 Å². The first-order valence-corrected chi connectivity index (χ1v) is 6.41. The van der Waals surface area contributed by atoms with Crippen LogP contribution in [-0.4, -0.2) is 17.3 Å². The lowest BCUT2D eigenvalue weighted by atomic mass is 9.75. The number of nitrogens with two attached hydrogens (primary N) is 1. The van der Waals surface area contributed by atoms with Crippen LogP contribution in [0.25, 0.3) is 0 Å². The number of hydrazone groups is 1. The minimum Gasteiger partial charge on any atom is -0.383 e. The average Bonchev–Trinajstić information content (AvgIpc) is 2.64. The molecule has 1 aliphatic heterocycles. The van der Waals surface area contributed by atoms with E-state index in [2.05, 4.69) is 5.10 Å². The molecule has 0 bridgehead atoms. The van der Waals surface area contributed by atoms with Gasteiger partial charge in [-0.25, -0.2) is 5.01 Å². The zero-order valence-corrected chi connectivity index (χ0v) is 12.1. The highest BCUT2D eigenvalue weighted by molar-refractivity contribution is 5.60. The van der Waals surface area contributed by atoms with Gasteiger partial charge in [0.2, 0.25) is 5.41 Å². The molecule has 0 amide bonds. The largest absolute Gasteiger partial charge is 0.383 e. The van der Waals surface area contributed by atoms with E-state index in [1.54, 1.807) is 6.21 Å². The summed E-state index contributed by atoms with van der Waals surface area (Å²) < 4.78 is 0. The number of hydrogen-bond donors (Lipinski definition) is 1. The third kappa shape index (κ3) is 2.19. The SMILES string of the molecule is CC(C)/C=N/N1C(N)=C(C#N)C(C#N)(C#N)[C@@H]1C(C)C. The van der Waals surface area contributed by atoms with E-state index in [-0.39, 0.29) is 23.2 Å². The molecule has 6 nitrogen and oxygen atoms in total. The summed E-state index contributed by atoms with van der Waals surface area (Å²) in [4.78, 5) is 0. The van der Waals surface area contributed by atoms with Gasteiger partial charge in [-0.05, 0) is 11.8 Å². The van der Waals surface area contributed by atoms with Gasteiger partial charge in [0.25, 0.3) is 0 Å². The Morgan fingerprint density at radius 1 is 1.25 bits per heavy atom. The summed E-state index contributed by atoms with van der Waals surface area (Å²) in [5, 5.41) is 33.9. The Morgan fingerprint density at radius 3 is 2.15 bits per heavy atom. The van der Waals surface area contributed by atoms with Gasteiger partial charge in [0, 0.05) is 6.21 Å². The fourth-order valence-electron chi connectivity index (χ4n) is 2.33. The molecule has 0 aromatic rings. The Bertz CT molecular complexity index is 550. The maximum atomic E-state index is 9.46. The predicted molar refractivity (Wildman–Crippen MR) is 74.3 cm³/mol. The monoisotopic (exact) mass is 270 g/mol. The molecule has 0 aliphatic carbocycles. The van der Waals surface area contributed by atoms with Gasteiger partial charge in [0.15, 0.2) is 0 Å². The third-order valence-electron chi connectivity index (χ3n) is 3.19. The quantitative estimate of drug-likeness (QED) is 0.784. The highest BCUT2D eigenvalue weighted by atomic mass is 15.5. The van der Waals surface area contributed by atoms with Crippen LogP contribution in [0.3, 0.4) is 0 Å². The van der Waals surface area contributed by atoms with Gasteiger partial charge in [-0.1, -0.05) is 27.7 Å². The summed E-state index contributed by atoms with van der Waals surface area (Å²) in [5.74, 6) is 0.217. The van der Waals surface area contributed by atoms with Crippen molar-refractivity contribution in [2.75, 3.05) is 0 Å². The first-order valence-electron chi connectivity index (χ1n) is 6.41. The first-order chi connectivity index (χ1) is 9.35. The second-order valence-electron chi connectivity index (χ2n) is 5.45. The zero-order chi connectivity index (χ0) is 15.5. The van der Waals surface area contributed by atoms with Crippen LogP contribution >= 0.6 is 0 Å². The van der Waals surface area contributed by atoms with E-state index in [4.69, 9.17) is 5.73 Å². The normalized spacial score (nSPS) is 21.4. The van der Waals surface area contributed by atoms with E-state index in [0.29, 0.717) is 0 Å². The van der Waals surface area contributed by atoms with E-state index in [1.807, 2.05) is 45.9 Å². The van der Waals surface area contributed by atoms with Crippen molar-refractivity contribution in [3.8, 4) is 18.2 Å². The Hall–Kier alpha value is -2.52. The molecule has 0 aromatic carbocycles. The van der Waals surface area contributed by atoms with Crippen molar-refractivity contribution in [1.29, 1.82) is 15.8 Å². The minimum atomic E-state index is -1.57. The molecule has 0 aromatic heterocycles. The van der Waals surface area contributed by atoms with E-state index < -0.39 is 11.5 Å². The van der Waals surface area contributed by atoms with Gasteiger partial charge in [0.05, 0.1) is 18.2 Å². The second-order valence-corrected chi connectivity index (χ2v) is 5.45. The van der Waals surface area contributed by atoms with Crippen LogP contribution in [0, 0.1) is 51.2 Å². The van der Waals surface area contributed by atoms with Crippen molar-refractivity contribution in [1.82, 2.24) is 5.01 Å². The Balaban J connectivity index is 3.48. The molecule has 0 unspecified atom stereocenters. The molecule has 20 heavy (non-hydrogen) atoms. The van der Waals surface area contributed by atoms with Gasteiger partial charge in [-0.15, -0.1) is 0 Å². The summed E-state index contributed by atoms with van der Waals surface area (Å²) in [5.41, 5.74) is 4.36. The van der Waals surface area contributed by atoms with Gasteiger partial charge in [0.1, 0.15) is 17.5 Å². The second kappa shape index (κ2) is 5.63. The lowest BCUT2D eigenvalue weighted by Gasteiger charge is -2.31. The summed E-state index contributed by atoms with van der Waals surface area (Å²) in [7, 11) is 0. The molecule has 6 heteroatoms. The van der Waals surface area contributed by atoms with E-state index >= 15 is 0 Å². The van der Waals surface area contributed by atoms with Crippen LogP contribution < -0.4 is 5.73 Å². The maximum Gasteiger partial charge on any atom is 0.204 e. The lowest BCUT2D eigenvalue weighted by Crippen LogP contribution is -2.42. The molecule has 1 aliphatic rings. The molecule has 0 saturated heterocycles. The van der Waals surface area contributed by atoms with Crippen molar-refractivity contribution in [2.45, 2.75) is 33.7 Å². The van der Waals surface area contributed by atoms with Crippen LogP contribution in [0.15, 0.2) is 16.5 Å². The molecule has 0 saturated carbocycles. The topological polar surface area (TPSA) is 113 Å². The third-order valence-corrected chi connectivity index (χ3v) is 3.19. The van der Waals surface area contributed by atoms with E-state index in [0.717, 1.165) is 0 Å². The molecule has 104 valence electrons. The molecule has 1 rings (SSSR count). The average molecular weight is 270 g/mol. The van der Waals surface area contributed by atoms with Crippen molar-refractivity contribution in [3.63, 3.8) is 0 Å². The Labute approximate surface area is 119 Å². The molecule has 2 N–H and O–H groups in total. The number of nitriles is 3. The molecule has 1 heterocycles. The molecular weight excluding hydrogens is 252 g/mol. The maximum absolute atomic E-state index is 9.46. The highest BCUT2D eigenvalue weighted by Crippen LogP contribution is 2.45. The van der Waals surface area contributed by atoms with Crippen LogP contribution in [0.2, 0.25) is 0 Å². The van der Waals surface area contributed by atoms with Crippen LogP contribution in [0.5, 0.6) is 0 Å². The summed E-state index contributed by atoms with van der Waals surface area (Å²) >= 11 is 0. The first kappa shape index (κ1) is 15.5. The van der Waals surface area contributed by atoms with Gasteiger partial charge < -0.3 is 5.73 Å². The Kier molecular flexibility index (Phi) is 4.38. The molecular formula is C14H18N6. The highest BCUT2D eigenvalue weighted by Gasteiger charge is 2.56. The van der Waals surface area contributed by atoms with Crippen molar-refractivity contribution >= 4 is 6.21 Å². The zero-order valence-electron chi connectivity index (χ0n) is 12.1. The number of hydrogen-bond acceptors (Lipinski definition) is 6. The number of nitrogens with zero attached hydrogens (tertiary/aromatic N) is 5. The van der Waals surface area contributed by atoms with Crippen molar-refractivity contribution in [2.24, 2.45) is 28.1 Å². The minimum absolute atomic E-state index is 0.0119. The predicted octanol–water partition coefficient (Wildman–Crippen LogP) is 1.70. The van der Waals surface area contributed by atoms with Crippen molar-refractivity contribution < 1.29 is 0 Å². The number of rotatable bonds is 3. The van der Waals surface area contributed by atoms with Gasteiger partial charge in [-0.2, -0.15) is 20.9 Å². The molecule has 0 fully saturated rings. The Morgan fingerprint density at radius 2 is 1.80 bits per heavy atom. The molecule has 1 atom stereocenters.